The smallest absolute Gasteiger partial charge is 0.208 e. The van der Waals surface area contributed by atoms with Gasteiger partial charge in [0.2, 0.25) is 12.6 Å². The van der Waals surface area contributed by atoms with Crippen LogP contribution in [0.1, 0.15) is 0 Å². The highest BCUT2D eigenvalue weighted by Crippen LogP contribution is 2.26. The van der Waals surface area contributed by atoms with Gasteiger partial charge in [-0.15, -0.1) is 5.37 Å². The van der Waals surface area contributed by atoms with Gasteiger partial charge in [-0.05, 0) is 0 Å². The van der Waals surface area contributed by atoms with Gasteiger partial charge in [-0.2, -0.15) is 0 Å². The molecule has 0 radical (unpaired) electrons. The van der Waals surface area contributed by atoms with E-state index < -0.39 is 12.6 Å². The number of fused-ring (bicyclic) bond motifs is 1. The SMILES string of the molecule is B/C(BBC1OC2OC(B)C(B)OC2OC1B)=C\O. The second-order valence-electron chi connectivity index (χ2n) is 5.45. The summed E-state index contributed by atoms with van der Waals surface area (Å²) in [7, 11) is 9.37. The van der Waals surface area contributed by atoms with E-state index in [1.54, 1.807) is 0 Å². The van der Waals surface area contributed by atoms with Gasteiger partial charge in [0, 0.05) is 24.0 Å². The molecule has 11 heteroatoms. The van der Waals surface area contributed by atoms with Crippen LogP contribution in [0.3, 0.4) is 0 Å². The molecule has 1 N–H and O–H groups in total. The Morgan fingerprint density at radius 3 is 2.05 bits per heavy atom. The Hall–Kier alpha value is -0.230. The molecule has 0 aromatic carbocycles. The largest absolute Gasteiger partial charge is 0.517 e. The van der Waals surface area contributed by atoms with Crippen LogP contribution in [0.2, 0.25) is 0 Å². The fourth-order valence-corrected chi connectivity index (χ4v) is 2.28. The molecule has 0 spiro atoms. The molecule has 0 aromatic heterocycles. The Bertz CT molecular complexity index is 344. The zero-order chi connectivity index (χ0) is 14.0. The van der Waals surface area contributed by atoms with Crippen molar-refractivity contribution >= 4 is 45.7 Å². The van der Waals surface area contributed by atoms with E-state index in [0.29, 0.717) is 0 Å². The lowest BCUT2D eigenvalue weighted by molar-refractivity contribution is -0.377. The molecule has 6 unspecified atom stereocenters. The van der Waals surface area contributed by atoms with Crippen LogP contribution in [0.25, 0.3) is 0 Å². The lowest BCUT2D eigenvalue weighted by Crippen LogP contribution is -2.60. The van der Waals surface area contributed by atoms with Crippen LogP contribution in [0, 0.1) is 0 Å². The molecule has 5 nitrogen and oxygen atoms in total. The first kappa shape index (κ1) is 15.2. The molecule has 0 saturated carbocycles. The molecule has 98 valence electrons. The molecule has 2 saturated heterocycles. The van der Waals surface area contributed by atoms with E-state index in [4.69, 9.17) is 24.1 Å². The van der Waals surface area contributed by atoms with E-state index in [9.17, 15) is 0 Å². The van der Waals surface area contributed by atoms with Crippen LogP contribution in [-0.2, 0) is 18.9 Å². The van der Waals surface area contributed by atoms with Crippen LogP contribution in [0.4, 0.5) is 0 Å². The molecule has 2 aliphatic heterocycles. The molecule has 2 rings (SSSR count). The normalized spacial score (nSPS) is 43.3. The van der Waals surface area contributed by atoms with E-state index in [-0.39, 0.29) is 24.0 Å². The first-order valence-electron chi connectivity index (χ1n) is 6.93. The summed E-state index contributed by atoms with van der Waals surface area (Å²) >= 11 is 0. The zero-order valence-electron chi connectivity index (χ0n) is 12.0. The average Bonchev–Trinajstić information content (AvgIpc) is 2.38. The zero-order valence-corrected chi connectivity index (χ0v) is 12.0. The second-order valence-corrected chi connectivity index (χ2v) is 5.45. The average molecular weight is 259 g/mol. The summed E-state index contributed by atoms with van der Waals surface area (Å²) in [6.45, 7) is 0. The van der Waals surface area contributed by atoms with Gasteiger partial charge in [0.1, 0.15) is 45.7 Å². The van der Waals surface area contributed by atoms with Crippen molar-refractivity contribution in [1.82, 2.24) is 0 Å². The first-order valence-corrected chi connectivity index (χ1v) is 6.93. The molecule has 0 aromatic rings. The van der Waals surface area contributed by atoms with Gasteiger partial charge in [0.25, 0.3) is 0 Å². The molecule has 0 amide bonds. The third-order valence-corrected chi connectivity index (χ3v) is 3.81. The van der Waals surface area contributed by atoms with Crippen molar-refractivity contribution in [3.8, 4) is 0 Å². The Morgan fingerprint density at radius 2 is 1.47 bits per heavy atom. The highest BCUT2D eigenvalue weighted by Gasteiger charge is 2.43. The maximum absolute atomic E-state index is 8.90. The highest BCUT2D eigenvalue weighted by atomic mass is 16.8. The monoisotopic (exact) mass is 260 g/mol. The number of aliphatic hydroxyl groups excluding tert-OH is 1. The minimum absolute atomic E-state index is 0.00187. The van der Waals surface area contributed by atoms with Crippen molar-refractivity contribution in [3.05, 3.63) is 11.6 Å². The number of aliphatic hydroxyl groups is 1. The summed E-state index contributed by atoms with van der Waals surface area (Å²) < 4.78 is 23.3. The fraction of sp³-hybridized carbons (Fsp3) is 0.750. The lowest BCUT2D eigenvalue weighted by Gasteiger charge is -2.46. The minimum Gasteiger partial charge on any atom is -0.517 e. The third-order valence-electron chi connectivity index (χ3n) is 3.81. The molecule has 6 atom stereocenters. The van der Waals surface area contributed by atoms with Gasteiger partial charge < -0.3 is 24.1 Å². The number of hydrogen-bond acceptors (Lipinski definition) is 5. The van der Waals surface area contributed by atoms with E-state index in [2.05, 4.69) is 0 Å². The summed E-state index contributed by atoms with van der Waals surface area (Å²) in [4.78, 5) is 0. The Labute approximate surface area is 118 Å². The Kier molecular flexibility index (Phi) is 5.17. The second kappa shape index (κ2) is 6.48. The van der Waals surface area contributed by atoms with Crippen molar-refractivity contribution in [2.75, 3.05) is 0 Å². The lowest BCUT2D eigenvalue weighted by atomic mass is 9.30. The van der Waals surface area contributed by atoms with Crippen LogP contribution in [-0.4, -0.2) is 87.4 Å². The summed E-state index contributed by atoms with van der Waals surface area (Å²) in [5.41, 5.74) is 0. The Morgan fingerprint density at radius 1 is 0.947 bits per heavy atom. The summed E-state index contributed by atoms with van der Waals surface area (Å²) in [6.07, 6.45) is 0.249. The van der Waals surface area contributed by atoms with Crippen molar-refractivity contribution in [1.29, 1.82) is 0 Å². The molecule has 2 fully saturated rings. The topological polar surface area (TPSA) is 57.2 Å². The fourth-order valence-electron chi connectivity index (χ4n) is 2.28. The van der Waals surface area contributed by atoms with Gasteiger partial charge in [0.05, 0.1) is 6.26 Å². The first-order chi connectivity index (χ1) is 9.01. The van der Waals surface area contributed by atoms with Crippen LogP contribution in [0.5, 0.6) is 0 Å². The molecule has 0 bridgehead atoms. The quantitative estimate of drug-likeness (QED) is 0.405. The van der Waals surface area contributed by atoms with Gasteiger partial charge in [-0.25, -0.2) is 0 Å². The van der Waals surface area contributed by atoms with E-state index in [1.165, 1.54) is 0 Å². The molecule has 2 aliphatic rings. The predicted molar refractivity (Wildman–Crippen MR) is 86.3 cm³/mol. The Balaban J connectivity index is 1.91. The van der Waals surface area contributed by atoms with Gasteiger partial charge in [-0.1, -0.05) is 0 Å². The summed E-state index contributed by atoms with van der Waals surface area (Å²) in [5.74, 6) is 0. The molecular weight excluding hydrogens is 241 g/mol. The summed E-state index contributed by atoms with van der Waals surface area (Å²) in [5, 5.41) is 9.83. The van der Waals surface area contributed by atoms with Gasteiger partial charge in [0.15, 0.2) is 0 Å². The molecule has 2 heterocycles. The van der Waals surface area contributed by atoms with E-state index >= 15 is 0 Å². The van der Waals surface area contributed by atoms with Crippen molar-refractivity contribution < 1.29 is 24.1 Å². The molecule has 0 aliphatic carbocycles. The highest BCUT2D eigenvalue weighted by molar-refractivity contribution is 7.08. The molecule has 19 heavy (non-hydrogen) atoms. The van der Waals surface area contributed by atoms with Crippen molar-refractivity contribution in [2.24, 2.45) is 0 Å². The van der Waals surface area contributed by atoms with Gasteiger partial charge >= 0.3 is 0 Å². The van der Waals surface area contributed by atoms with Gasteiger partial charge in [-0.3, -0.25) is 0 Å². The summed E-state index contributed by atoms with van der Waals surface area (Å²) in [6, 6.07) is -0.0801. The van der Waals surface area contributed by atoms with Crippen molar-refractivity contribution in [3.63, 3.8) is 0 Å². The van der Waals surface area contributed by atoms with E-state index in [0.717, 1.165) is 26.0 Å². The third kappa shape index (κ3) is 3.66. The minimum atomic E-state index is -0.453. The van der Waals surface area contributed by atoms with Crippen molar-refractivity contribution in [2.45, 2.75) is 36.6 Å². The van der Waals surface area contributed by atoms with E-state index in [1.807, 2.05) is 31.4 Å². The maximum atomic E-state index is 8.90. The maximum Gasteiger partial charge on any atom is 0.208 e. The van der Waals surface area contributed by atoms with Crippen LogP contribution < -0.4 is 0 Å². The number of hydrogen-bond donors (Lipinski definition) is 1. The van der Waals surface area contributed by atoms with Crippen LogP contribution in [0.15, 0.2) is 11.6 Å². The number of rotatable bonds is 3. The predicted octanol–water partition coefficient (Wildman–Crippen LogP) is -5.29. The molecular formula is C8H18B6O5. The number of ether oxygens (including phenoxy) is 4. The van der Waals surface area contributed by atoms with Crippen LogP contribution >= 0.6 is 0 Å². The standard InChI is InChI=1S/C8H18B6O5/c9-2(1-15)13-14-6-5(12)18-7-8(19-6)17-4(11)3(10)16-7/h1,3-8,13-15H,9-12H2/b2-1+.